The first-order valence-electron chi connectivity index (χ1n) is 8.98. The molecule has 4 aromatic rings. The Morgan fingerprint density at radius 3 is 2.10 bits per heavy atom. The fraction of sp³-hybridized carbons (Fsp3) is 0.0909. The lowest BCUT2D eigenvalue weighted by Gasteiger charge is -2.14. The van der Waals surface area contributed by atoms with Crippen LogP contribution in [0.2, 0.25) is 0 Å². The Balaban J connectivity index is 1.70. The summed E-state index contributed by atoms with van der Waals surface area (Å²) in [7, 11) is 0. The molecule has 0 saturated heterocycles. The number of hydrogen-bond donors (Lipinski definition) is 1. The largest absolute Gasteiger partial charge is 0.417 e. The zero-order valence-corrected chi connectivity index (χ0v) is 15.6. The molecule has 0 fully saturated rings. The van der Waals surface area contributed by atoms with Crippen LogP contribution < -0.4 is 5.32 Å². The SMILES string of the molecule is FC(F)(F)c1ccc(Nc2ncnc3cc(-c4ccccc4C(F)(F)F)ccc23)cc1. The predicted molar refractivity (Wildman–Crippen MR) is 105 cm³/mol. The molecule has 0 spiro atoms. The van der Waals surface area contributed by atoms with Gasteiger partial charge in [-0.2, -0.15) is 26.3 Å². The molecule has 0 atom stereocenters. The Kier molecular flexibility index (Phi) is 5.04. The number of fused-ring (bicyclic) bond motifs is 1. The Morgan fingerprint density at radius 2 is 1.42 bits per heavy atom. The van der Waals surface area contributed by atoms with Crippen LogP contribution in [0.1, 0.15) is 11.1 Å². The lowest BCUT2D eigenvalue weighted by molar-refractivity contribution is -0.138. The predicted octanol–water partition coefficient (Wildman–Crippen LogP) is 7.08. The number of halogens is 6. The fourth-order valence-electron chi connectivity index (χ4n) is 3.19. The number of benzene rings is 3. The van der Waals surface area contributed by atoms with Crippen LogP contribution in [0.4, 0.5) is 37.8 Å². The first kappa shape index (κ1) is 20.6. The molecule has 31 heavy (non-hydrogen) atoms. The van der Waals surface area contributed by atoms with Gasteiger partial charge in [-0.05, 0) is 53.6 Å². The monoisotopic (exact) mass is 433 g/mol. The van der Waals surface area contributed by atoms with E-state index in [0.717, 1.165) is 18.2 Å². The highest BCUT2D eigenvalue weighted by atomic mass is 19.4. The summed E-state index contributed by atoms with van der Waals surface area (Å²) in [5.74, 6) is 0.320. The number of nitrogens with zero attached hydrogens (tertiary/aromatic N) is 2. The molecule has 0 aliphatic heterocycles. The summed E-state index contributed by atoms with van der Waals surface area (Å²) in [4.78, 5) is 8.23. The smallest absolute Gasteiger partial charge is 0.340 e. The number of rotatable bonds is 3. The Bertz CT molecular complexity index is 1230. The Labute approximate surface area is 172 Å². The van der Waals surface area contributed by atoms with Crippen molar-refractivity contribution < 1.29 is 26.3 Å². The maximum atomic E-state index is 13.4. The van der Waals surface area contributed by atoms with Crippen LogP contribution in [-0.4, -0.2) is 9.97 Å². The van der Waals surface area contributed by atoms with Crippen LogP contribution in [0.5, 0.6) is 0 Å². The van der Waals surface area contributed by atoms with Crippen molar-refractivity contribution in [3.8, 4) is 11.1 Å². The summed E-state index contributed by atoms with van der Waals surface area (Å²) in [6.07, 6.45) is -7.72. The summed E-state index contributed by atoms with van der Waals surface area (Å²) in [5.41, 5.74) is -0.421. The normalized spacial score (nSPS) is 12.2. The minimum absolute atomic E-state index is 0.0211. The van der Waals surface area contributed by atoms with Gasteiger partial charge in [0.25, 0.3) is 0 Å². The molecule has 0 unspecified atom stereocenters. The van der Waals surface area contributed by atoms with Gasteiger partial charge >= 0.3 is 12.4 Å². The number of anilines is 2. The van der Waals surface area contributed by atoms with Crippen LogP contribution in [0.15, 0.2) is 73.1 Å². The van der Waals surface area contributed by atoms with Gasteiger partial charge in [0, 0.05) is 11.1 Å². The van der Waals surface area contributed by atoms with Crippen molar-refractivity contribution in [3.05, 3.63) is 84.2 Å². The molecule has 0 aliphatic rings. The van der Waals surface area contributed by atoms with E-state index in [2.05, 4.69) is 15.3 Å². The van der Waals surface area contributed by atoms with Gasteiger partial charge in [-0.15, -0.1) is 0 Å². The average Bonchev–Trinajstić information content (AvgIpc) is 2.73. The molecular weight excluding hydrogens is 420 g/mol. The highest BCUT2D eigenvalue weighted by Gasteiger charge is 2.33. The van der Waals surface area contributed by atoms with E-state index >= 15 is 0 Å². The van der Waals surface area contributed by atoms with Crippen molar-refractivity contribution in [3.63, 3.8) is 0 Å². The van der Waals surface area contributed by atoms with Crippen molar-refractivity contribution in [2.75, 3.05) is 5.32 Å². The standard InChI is InChI=1S/C22H13F6N3/c23-21(24,25)14-6-8-15(9-7-14)31-20-17-10-5-13(11-19(17)29-12-30-20)16-3-1-2-4-18(16)22(26,27)28/h1-12H,(H,29,30,31). The van der Waals surface area contributed by atoms with Gasteiger partial charge in [-0.3, -0.25) is 0 Å². The van der Waals surface area contributed by atoms with Gasteiger partial charge in [0.1, 0.15) is 12.1 Å². The highest BCUT2D eigenvalue weighted by molar-refractivity contribution is 5.93. The zero-order chi connectivity index (χ0) is 22.2. The van der Waals surface area contributed by atoms with Crippen LogP contribution in [0.3, 0.4) is 0 Å². The van der Waals surface area contributed by atoms with E-state index in [4.69, 9.17) is 0 Å². The third kappa shape index (κ3) is 4.30. The molecule has 3 nitrogen and oxygen atoms in total. The molecule has 0 aliphatic carbocycles. The minimum atomic E-state index is -4.51. The fourth-order valence-corrected chi connectivity index (χ4v) is 3.19. The summed E-state index contributed by atoms with van der Waals surface area (Å²) < 4.78 is 78.2. The van der Waals surface area contributed by atoms with Crippen LogP contribution in [0, 0.1) is 0 Å². The molecule has 1 aromatic heterocycles. The van der Waals surface area contributed by atoms with Gasteiger partial charge in [0.05, 0.1) is 16.6 Å². The van der Waals surface area contributed by atoms with E-state index < -0.39 is 23.5 Å². The molecule has 1 heterocycles. The first-order chi connectivity index (χ1) is 14.6. The lowest BCUT2D eigenvalue weighted by atomic mass is 9.98. The number of hydrogen-bond acceptors (Lipinski definition) is 3. The summed E-state index contributed by atoms with van der Waals surface area (Å²) >= 11 is 0. The van der Waals surface area contributed by atoms with E-state index in [9.17, 15) is 26.3 Å². The Morgan fingerprint density at radius 1 is 0.710 bits per heavy atom. The van der Waals surface area contributed by atoms with E-state index in [0.29, 0.717) is 28.0 Å². The second kappa shape index (κ2) is 7.57. The van der Waals surface area contributed by atoms with Crippen LogP contribution >= 0.6 is 0 Å². The summed E-state index contributed by atoms with van der Waals surface area (Å²) in [6.45, 7) is 0. The quantitative estimate of drug-likeness (QED) is 0.351. The topological polar surface area (TPSA) is 37.8 Å². The molecule has 158 valence electrons. The van der Waals surface area contributed by atoms with Gasteiger partial charge in [-0.25, -0.2) is 9.97 Å². The number of nitrogens with one attached hydrogen (secondary N) is 1. The van der Waals surface area contributed by atoms with Crippen molar-refractivity contribution >= 4 is 22.4 Å². The maximum Gasteiger partial charge on any atom is 0.417 e. The molecule has 4 rings (SSSR count). The molecule has 0 radical (unpaired) electrons. The van der Waals surface area contributed by atoms with Crippen LogP contribution in [0.25, 0.3) is 22.0 Å². The van der Waals surface area contributed by atoms with Crippen molar-refractivity contribution in [1.29, 1.82) is 0 Å². The van der Waals surface area contributed by atoms with E-state index in [1.807, 2.05) is 0 Å². The number of alkyl halides is 6. The van der Waals surface area contributed by atoms with Gasteiger partial charge in [0.15, 0.2) is 0 Å². The van der Waals surface area contributed by atoms with Gasteiger partial charge in [0.2, 0.25) is 0 Å². The molecule has 0 amide bonds. The third-order valence-electron chi connectivity index (χ3n) is 4.65. The van der Waals surface area contributed by atoms with Crippen molar-refractivity contribution in [1.82, 2.24) is 9.97 Å². The van der Waals surface area contributed by atoms with E-state index in [-0.39, 0.29) is 5.56 Å². The van der Waals surface area contributed by atoms with Gasteiger partial charge < -0.3 is 5.32 Å². The van der Waals surface area contributed by atoms with Crippen molar-refractivity contribution in [2.45, 2.75) is 12.4 Å². The molecule has 0 bridgehead atoms. The highest BCUT2D eigenvalue weighted by Crippen LogP contribution is 2.38. The summed E-state index contributed by atoms with van der Waals surface area (Å²) in [6, 6.07) is 14.3. The maximum absolute atomic E-state index is 13.4. The Hall–Kier alpha value is -3.62. The lowest BCUT2D eigenvalue weighted by Crippen LogP contribution is -2.06. The average molecular weight is 433 g/mol. The third-order valence-corrected chi connectivity index (χ3v) is 4.65. The second-order valence-electron chi connectivity index (χ2n) is 6.70. The zero-order valence-electron chi connectivity index (χ0n) is 15.6. The molecular formula is C22H13F6N3. The van der Waals surface area contributed by atoms with Crippen LogP contribution in [-0.2, 0) is 12.4 Å². The minimum Gasteiger partial charge on any atom is -0.340 e. The molecule has 1 N–H and O–H groups in total. The second-order valence-corrected chi connectivity index (χ2v) is 6.70. The van der Waals surface area contributed by atoms with Gasteiger partial charge in [-0.1, -0.05) is 24.3 Å². The molecule has 3 aromatic carbocycles. The summed E-state index contributed by atoms with van der Waals surface area (Å²) in [5, 5.41) is 3.43. The van der Waals surface area contributed by atoms with E-state index in [1.165, 1.54) is 48.8 Å². The first-order valence-corrected chi connectivity index (χ1v) is 8.98. The molecule has 9 heteroatoms. The molecule has 0 saturated carbocycles. The van der Waals surface area contributed by atoms with Crippen molar-refractivity contribution in [2.24, 2.45) is 0 Å². The number of aromatic nitrogens is 2. The van der Waals surface area contributed by atoms with E-state index in [1.54, 1.807) is 6.07 Å².